The highest BCUT2D eigenvalue weighted by Crippen LogP contribution is 2.39. The lowest BCUT2D eigenvalue weighted by atomic mass is 9.89. The molecule has 3 rings (SSSR count). The van der Waals surface area contributed by atoms with Crippen molar-refractivity contribution in [3.8, 4) is 0 Å². The van der Waals surface area contributed by atoms with Crippen molar-refractivity contribution in [1.82, 2.24) is 14.9 Å². The highest BCUT2D eigenvalue weighted by molar-refractivity contribution is 5.94. The molecule has 2 heterocycles. The van der Waals surface area contributed by atoms with Gasteiger partial charge in [0.1, 0.15) is 6.23 Å². The number of ether oxygens (including phenoxy) is 1. The maximum Gasteiger partial charge on any atom is 0.256 e. The molecule has 1 aromatic heterocycles. The summed E-state index contributed by atoms with van der Waals surface area (Å²) in [5.41, 5.74) is 1.29. The number of benzene rings is 1. The Morgan fingerprint density at radius 2 is 2.08 bits per heavy atom. The van der Waals surface area contributed by atoms with Crippen molar-refractivity contribution in [1.29, 1.82) is 0 Å². The zero-order valence-corrected chi connectivity index (χ0v) is 15.2. The first-order valence-corrected chi connectivity index (χ1v) is 9.12. The van der Waals surface area contributed by atoms with E-state index in [-0.39, 0.29) is 23.8 Å². The Labute approximate surface area is 149 Å². The average Bonchev–Trinajstić information content (AvgIpc) is 3.23. The topological polar surface area (TPSA) is 58.2 Å². The number of carbonyl (C=O) groups excluding carboxylic acids is 1. The fraction of sp³-hybridized carbons (Fsp3) is 0.500. The first-order chi connectivity index (χ1) is 12.1. The summed E-state index contributed by atoms with van der Waals surface area (Å²) < 4.78 is 6.42. The summed E-state index contributed by atoms with van der Waals surface area (Å²) in [6, 6.07) is 9.45. The Hall–Kier alpha value is -2.14. The predicted molar refractivity (Wildman–Crippen MR) is 97.2 cm³/mol. The van der Waals surface area contributed by atoms with Crippen molar-refractivity contribution < 1.29 is 9.53 Å². The van der Waals surface area contributed by atoms with E-state index in [4.69, 9.17) is 4.74 Å². The van der Waals surface area contributed by atoms with Crippen LogP contribution in [0.25, 0.3) is 0 Å². The quantitative estimate of drug-likeness (QED) is 0.870. The molecule has 1 aromatic carbocycles. The van der Waals surface area contributed by atoms with Gasteiger partial charge in [0, 0.05) is 18.2 Å². The average molecular weight is 341 g/mol. The van der Waals surface area contributed by atoms with Crippen molar-refractivity contribution in [2.45, 2.75) is 64.3 Å². The fourth-order valence-corrected chi connectivity index (χ4v) is 3.62. The molecule has 5 heteroatoms. The van der Waals surface area contributed by atoms with Crippen LogP contribution in [0.3, 0.4) is 0 Å². The molecule has 1 saturated heterocycles. The van der Waals surface area contributed by atoms with Gasteiger partial charge in [0.05, 0.1) is 23.7 Å². The molecule has 3 atom stereocenters. The molecule has 2 aromatic rings. The van der Waals surface area contributed by atoms with Crippen LogP contribution in [0.5, 0.6) is 0 Å². The predicted octanol–water partition coefficient (Wildman–Crippen LogP) is 3.79. The molecule has 1 aliphatic heterocycles. The fourth-order valence-electron chi connectivity index (χ4n) is 3.62. The maximum atomic E-state index is 13.3. The number of aromatic amines is 1. The van der Waals surface area contributed by atoms with Gasteiger partial charge in [0.2, 0.25) is 0 Å². The third-order valence-corrected chi connectivity index (χ3v) is 5.21. The molecule has 0 aliphatic carbocycles. The van der Waals surface area contributed by atoms with E-state index in [0.717, 1.165) is 25.0 Å². The monoisotopic (exact) mass is 341 g/mol. The number of amides is 1. The van der Waals surface area contributed by atoms with Crippen molar-refractivity contribution in [3.05, 3.63) is 54.1 Å². The SMILES string of the molecule is CCC[C@@H]1OC(C)(CC)[C@H](Cc2c[nH]cn2)N1C(=O)c1ccccc1. The number of carbonyl (C=O) groups is 1. The van der Waals surface area contributed by atoms with E-state index >= 15 is 0 Å². The summed E-state index contributed by atoms with van der Waals surface area (Å²) in [4.78, 5) is 22.6. The summed E-state index contributed by atoms with van der Waals surface area (Å²) in [6.07, 6.45) is 6.73. The van der Waals surface area contributed by atoms with Crippen molar-refractivity contribution >= 4 is 5.91 Å². The van der Waals surface area contributed by atoms with Gasteiger partial charge in [-0.3, -0.25) is 4.79 Å². The molecule has 1 unspecified atom stereocenters. The molecular weight excluding hydrogens is 314 g/mol. The minimum Gasteiger partial charge on any atom is -0.351 e. The maximum absolute atomic E-state index is 13.3. The Kier molecular flexibility index (Phi) is 5.23. The highest BCUT2D eigenvalue weighted by atomic mass is 16.5. The van der Waals surface area contributed by atoms with Gasteiger partial charge in [0.25, 0.3) is 5.91 Å². The zero-order valence-electron chi connectivity index (χ0n) is 15.2. The molecule has 25 heavy (non-hydrogen) atoms. The van der Waals surface area contributed by atoms with Gasteiger partial charge in [-0.05, 0) is 31.9 Å². The van der Waals surface area contributed by atoms with E-state index in [0.29, 0.717) is 12.0 Å². The van der Waals surface area contributed by atoms with Gasteiger partial charge in [0.15, 0.2) is 0 Å². The Morgan fingerprint density at radius 1 is 1.32 bits per heavy atom. The molecule has 1 amide bonds. The normalized spacial score (nSPS) is 26.1. The number of H-pyrrole nitrogens is 1. The van der Waals surface area contributed by atoms with Crippen molar-refractivity contribution in [2.24, 2.45) is 0 Å². The second kappa shape index (κ2) is 7.40. The number of nitrogens with one attached hydrogen (secondary N) is 1. The molecule has 0 radical (unpaired) electrons. The van der Waals surface area contributed by atoms with Gasteiger partial charge in [-0.25, -0.2) is 4.98 Å². The van der Waals surface area contributed by atoms with Crippen LogP contribution in [-0.4, -0.2) is 38.6 Å². The van der Waals surface area contributed by atoms with Crippen LogP contribution < -0.4 is 0 Å². The smallest absolute Gasteiger partial charge is 0.256 e. The lowest BCUT2D eigenvalue weighted by Gasteiger charge is -2.32. The Bertz CT molecular complexity index is 686. The molecule has 134 valence electrons. The van der Waals surface area contributed by atoms with E-state index in [1.54, 1.807) is 6.33 Å². The number of imidazole rings is 1. The largest absolute Gasteiger partial charge is 0.351 e. The number of rotatable bonds is 6. The molecule has 0 spiro atoms. The molecule has 1 fully saturated rings. The lowest BCUT2D eigenvalue weighted by Crippen LogP contribution is -2.48. The van der Waals surface area contributed by atoms with Crippen LogP contribution in [0, 0.1) is 0 Å². The highest BCUT2D eigenvalue weighted by Gasteiger charge is 2.51. The van der Waals surface area contributed by atoms with E-state index < -0.39 is 0 Å². The first-order valence-electron chi connectivity index (χ1n) is 9.12. The van der Waals surface area contributed by atoms with E-state index in [9.17, 15) is 4.79 Å². The van der Waals surface area contributed by atoms with E-state index in [1.807, 2.05) is 41.4 Å². The molecule has 5 nitrogen and oxygen atoms in total. The Morgan fingerprint density at radius 3 is 2.68 bits per heavy atom. The summed E-state index contributed by atoms with van der Waals surface area (Å²) >= 11 is 0. The van der Waals surface area contributed by atoms with E-state index in [2.05, 4.69) is 30.7 Å². The third kappa shape index (κ3) is 3.47. The van der Waals surface area contributed by atoms with Crippen molar-refractivity contribution in [2.75, 3.05) is 0 Å². The van der Waals surface area contributed by atoms with Crippen LogP contribution in [0.4, 0.5) is 0 Å². The third-order valence-electron chi connectivity index (χ3n) is 5.21. The summed E-state index contributed by atoms with van der Waals surface area (Å²) in [5.74, 6) is 0.0387. The molecular formula is C20H27N3O2. The number of hydrogen-bond donors (Lipinski definition) is 1. The minimum absolute atomic E-state index is 0.0370. The number of nitrogens with zero attached hydrogens (tertiary/aromatic N) is 2. The number of hydrogen-bond acceptors (Lipinski definition) is 3. The van der Waals surface area contributed by atoms with Crippen molar-refractivity contribution in [3.63, 3.8) is 0 Å². The molecule has 1 aliphatic rings. The second-order valence-corrected chi connectivity index (χ2v) is 6.89. The van der Waals surface area contributed by atoms with Crippen LogP contribution in [-0.2, 0) is 11.2 Å². The van der Waals surface area contributed by atoms with E-state index in [1.165, 1.54) is 0 Å². The first kappa shape index (κ1) is 17.7. The summed E-state index contributed by atoms with van der Waals surface area (Å²) in [6.45, 7) is 6.36. The summed E-state index contributed by atoms with van der Waals surface area (Å²) in [7, 11) is 0. The standard InChI is InChI=1S/C20H27N3O2/c1-4-9-18-23(19(24)15-10-7-6-8-11-15)17(20(3,5-2)25-18)12-16-13-21-14-22-16/h6-8,10-11,13-14,17-18H,4-5,9,12H2,1-3H3,(H,21,22)/t17-,18-,20?/m0/s1. The molecule has 0 bridgehead atoms. The van der Waals surface area contributed by atoms with Gasteiger partial charge in [-0.15, -0.1) is 0 Å². The lowest BCUT2D eigenvalue weighted by molar-refractivity contribution is -0.0518. The zero-order chi connectivity index (χ0) is 17.9. The van der Waals surface area contributed by atoms with Gasteiger partial charge >= 0.3 is 0 Å². The number of aromatic nitrogens is 2. The molecule has 0 saturated carbocycles. The second-order valence-electron chi connectivity index (χ2n) is 6.89. The van der Waals surface area contributed by atoms with Crippen LogP contribution in [0.1, 0.15) is 56.1 Å². The van der Waals surface area contributed by atoms with Crippen LogP contribution in [0.2, 0.25) is 0 Å². The van der Waals surface area contributed by atoms with Gasteiger partial charge in [-0.2, -0.15) is 0 Å². The summed E-state index contributed by atoms with van der Waals surface area (Å²) in [5, 5.41) is 0. The van der Waals surface area contributed by atoms with Gasteiger partial charge < -0.3 is 14.6 Å². The minimum atomic E-state index is -0.372. The van der Waals surface area contributed by atoms with Crippen LogP contribution >= 0.6 is 0 Å². The Balaban J connectivity index is 1.97. The van der Waals surface area contributed by atoms with Gasteiger partial charge in [-0.1, -0.05) is 38.5 Å². The molecule has 1 N–H and O–H groups in total. The van der Waals surface area contributed by atoms with Crippen LogP contribution in [0.15, 0.2) is 42.9 Å².